The van der Waals surface area contributed by atoms with Crippen molar-refractivity contribution in [3.05, 3.63) is 29.8 Å². The van der Waals surface area contributed by atoms with Gasteiger partial charge in [-0.05, 0) is 64.2 Å². The van der Waals surface area contributed by atoms with E-state index in [-0.39, 0.29) is 18.1 Å². The first-order chi connectivity index (χ1) is 8.88. The van der Waals surface area contributed by atoms with E-state index in [2.05, 4.69) is 10.6 Å². The highest BCUT2D eigenvalue weighted by molar-refractivity contribution is 7.80. The zero-order valence-corrected chi connectivity index (χ0v) is 12.5. The predicted octanol–water partition coefficient (Wildman–Crippen LogP) is 2.49. The molecule has 1 aromatic rings. The molecule has 0 heterocycles. The topological polar surface area (TPSA) is 50.4 Å². The Bertz CT molecular complexity index is 441. The number of rotatable bonds is 4. The summed E-state index contributed by atoms with van der Waals surface area (Å²) in [4.78, 5) is 11.9. The molecule has 0 saturated carbocycles. The van der Waals surface area contributed by atoms with Gasteiger partial charge in [-0.15, -0.1) is 0 Å². The molecular formula is C14H20N2O2S. The molecule has 5 heteroatoms. The Morgan fingerprint density at radius 1 is 1.16 bits per heavy atom. The summed E-state index contributed by atoms with van der Waals surface area (Å²) < 4.78 is 5.51. The van der Waals surface area contributed by atoms with Crippen LogP contribution in [0.4, 0.5) is 0 Å². The molecule has 4 nitrogen and oxygen atoms in total. The third-order valence-electron chi connectivity index (χ3n) is 2.14. The number of hydrogen-bond donors (Lipinski definition) is 2. The fraction of sp³-hybridized carbons (Fsp3) is 0.429. The first-order valence-electron chi connectivity index (χ1n) is 6.27. The van der Waals surface area contributed by atoms with E-state index >= 15 is 0 Å². The minimum Gasteiger partial charge on any atom is -0.491 e. The Hall–Kier alpha value is -1.62. The number of carbonyl (C=O) groups excluding carboxylic acids is 1. The van der Waals surface area contributed by atoms with Crippen molar-refractivity contribution in [3.8, 4) is 5.75 Å². The molecular weight excluding hydrogens is 260 g/mol. The van der Waals surface area contributed by atoms with Crippen LogP contribution in [0.25, 0.3) is 0 Å². The fourth-order valence-corrected chi connectivity index (χ4v) is 1.76. The van der Waals surface area contributed by atoms with Crippen molar-refractivity contribution in [2.75, 3.05) is 0 Å². The summed E-state index contributed by atoms with van der Waals surface area (Å²) in [6.45, 7) is 7.82. The van der Waals surface area contributed by atoms with Crippen LogP contribution >= 0.6 is 12.2 Å². The highest BCUT2D eigenvalue weighted by atomic mass is 32.1. The lowest BCUT2D eigenvalue weighted by atomic mass is 10.2. The molecule has 0 fully saturated rings. The maximum atomic E-state index is 11.9. The first kappa shape index (κ1) is 15.4. The van der Waals surface area contributed by atoms with Crippen molar-refractivity contribution in [1.82, 2.24) is 10.6 Å². The van der Waals surface area contributed by atoms with Gasteiger partial charge in [-0.25, -0.2) is 0 Å². The SMILES string of the molecule is CC(C)NC(=S)NC(=O)c1ccc(OC(C)C)cc1. The van der Waals surface area contributed by atoms with E-state index < -0.39 is 0 Å². The molecule has 0 aliphatic carbocycles. The van der Waals surface area contributed by atoms with Gasteiger partial charge in [0.15, 0.2) is 5.11 Å². The van der Waals surface area contributed by atoms with Gasteiger partial charge in [-0.3, -0.25) is 10.1 Å². The van der Waals surface area contributed by atoms with Gasteiger partial charge in [0.2, 0.25) is 0 Å². The van der Waals surface area contributed by atoms with Crippen LogP contribution in [0.1, 0.15) is 38.1 Å². The number of hydrogen-bond acceptors (Lipinski definition) is 3. The van der Waals surface area contributed by atoms with E-state index in [1.807, 2.05) is 27.7 Å². The largest absolute Gasteiger partial charge is 0.491 e. The molecule has 104 valence electrons. The van der Waals surface area contributed by atoms with Crippen LogP contribution in [0.2, 0.25) is 0 Å². The van der Waals surface area contributed by atoms with Gasteiger partial charge >= 0.3 is 0 Å². The smallest absolute Gasteiger partial charge is 0.257 e. The summed E-state index contributed by atoms with van der Waals surface area (Å²) in [5, 5.41) is 5.92. The van der Waals surface area contributed by atoms with Gasteiger partial charge in [0.1, 0.15) is 5.75 Å². The second-order valence-electron chi connectivity index (χ2n) is 4.77. The standard InChI is InChI=1S/C14H20N2O2S/c1-9(2)15-14(19)16-13(17)11-5-7-12(8-6-11)18-10(3)4/h5-10H,1-4H3,(H2,15,16,17,19). The molecule has 0 radical (unpaired) electrons. The van der Waals surface area contributed by atoms with Crippen molar-refractivity contribution in [2.45, 2.75) is 39.8 Å². The van der Waals surface area contributed by atoms with Crippen LogP contribution in [-0.2, 0) is 0 Å². The number of thiocarbonyl (C=S) groups is 1. The minimum atomic E-state index is -0.228. The lowest BCUT2D eigenvalue weighted by Crippen LogP contribution is -2.42. The van der Waals surface area contributed by atoms with Crippen molar-refractivity contribution in [3.63, 3.8) is 0 Å². The quantitative estimate of drug-likeness (QED) is 0.832. The van der Waals surface area contributed by atoms with Crippen LogP contribution in [-0.4, -0.2) is 23.2 Å². The van der Waals surface area contributed by atoms with Crippen LogP contribution in [0, 0.1) is 0 Å². The molecule has 0 aliphatic heterocycles. The number of carbonyl (C=O) groups is 1. The van der Waals surface area contributed by atoms with Crippen LogP contribution in [0.3, 0.4) is 0 Å². The molecule has 0 spiro atoms. The van der Waals surface area contributed by atoms with Gasteiger partial charge in [0, 0.05) is 11.6 Å². The maximum Gasteiger partial charge on any atom is 0.257 e. The molecule has 19 heavy (non-hydrogen) atoms. The number of benzene rings is 1. The third-order valence-corrected chi connectivity index (χ3v) is 2.36. The highest BCUT2D eigenvalue weighted by Gasteiger charge is 2.08. The van der Waals surface area contributed by atoms with E-state index in [4.69, 9.17) is 17.0 Å². The normalized spacial score (nSPS) is 10.4. The Kier molecular flexibility index (Phi) is 5.76. The Labute approximate surface area is 119 Å². The molecule has 0 aromatic heterocycles. The van der Waals surface area contributed by atoms with Crippen LogP contribution in [0.15, 0.2) is 24.3 Å². The van der Waals surface area contributed by atoms with Gasteiger partial charge in [-0.2, -0.15) is 0 Å². The summed E-state index contributed by atoms with van der Waals surface area (Å²) >= 11 is 5.02. The summed E-state index contributed by atoms with van der Waals surface area (Å²) in [6.07, 6.45) is 0.113. The molecule has 2 N–H and O–H groups in total. The molecule has 1 rings (SSSR count). The van der Waals surface area contributed by atoms with E-state index in [1.54, 1.807) is 24.3 Å². The summed E-state index contributed by atoms with van der Waals surface area (Å²) in [6, 6.07) is 7.16. The molecule has 0 saturated heterocycles. The van der Waals surface area contributed by atoms with Crippen LogP contribution in [0.5, 0.6) is 5.75 Å². The Morgan fingerprint density at radius 2 is 1.74 bits per heavy atom. The van der Waals surface area contributed by atoms with Crippen molar-refractivity contribution in [1.29, 1.82) is 0 Å². The lowest BCUT2D eigenvalue weighted by molar-refractivity contribution is 0.0976. The number of nitrogens with one attached hydrogen (secondary N) is 2. The molecule has 1 aromatic carbocycles. The summed E-state index contributed by atoms with van der Waals surface area (Å²) in [5.41, 5.74) is 0.545. The van der Waals surface area contributed by atoms with Gasteiger partial charge in [0.05, 0.1) is 6.10 Å². The lowest BCUT2D eigenvalue weighted by Gasteiger charge is -2.13. The monoisotopic (exact) mass is 280 g/mol. The van der Waals surface area contributed by atoms with Gasteiger partial charge in [0.25, 0.3) is 5.91 Å². The van der Waals surface area contributed by atoms with E-state index in [9.17, 15) is 4.79 Å². The average Bonchev–Trinajstić information content (AvgIpc) is 2.27. The molecule has 0 aliphatic rings. The molecule has 1 amide bonds. The van der Waals surface area contributed by atoms with E-state index in [0.29, 0.717) is 10.7 Å². The van der Waals surface area contributed by atoms with Crippen molar-refractivity contribution < 1.29 is 9.53 Å². The number of amides is 1. The third kappa shape index (κ3) is 5.70. The first-order valence-corrected chi connectivity index (χ1v) is 6.68. The van der Waals surface area contributed by atoms with Crippen molar-refractivity contribution in [2.24, 2.45) is 0 Å². The summed E-state index contributed by atoms with van der Waals surface area (Å²) in [5.74, 6) is 0.517. The van der Waals surface area contributed by atoms with Crippen molar-refractivity contribution >= 4 is 23.2 Å². The summed E-state index contributed by atoms with van der Waals surface area (Å²) in [7, 11) is 0. The van der Waals surface area contributed by atoms with Gasteiger partial charge < -0.3 is 10.1 Å². The molecule has 0 atom stereocenters. The van der Waals surface area contributed by atoms with E-state index in [0.717, 1.165) is 5.75 Å². The Morgan fingerprint density at radius 3 is 2.21 bits per heavy atom. The van der Waals surface area contributed by atoms with Gasteiger partial charge in [-0.1, -0.05) is 0 Å². The Balaban J connectivity index is 2.60. The second-order valence-corrected chi connectivity index (χ2v) is 5.18. The second kappa shape index (κ2) is 7.09. The van der Waals surface area contributed by atoms with Crippen LogP contribution < -0.4 is 15.4 Å². The fourth-order valence-electron chi connectivity index (χ4n) is 1.43. The number of ether oxygens (including phenoxy) is 1. The predicted molar refractivity (Wildman–Crippen MR) is 80.5 cm³/mol. The van der Waals surface area contributed by atoms with E-state index in [1.165, 1.54) is 0 Å². The zero-order valence-electron chi connectivity index (χ0n) is 11.7. The average molecular weight is 280 g/mol. The minimum absolute atomic E-state index is 0.113. The maximum absolute atomic E-state index is 11.9. The highest BCUT2D eigenvalue weighted by Crippen LogP contribution is 2.13. The molecule has 0 bridgehead atoms. The zero-order chi connectivity index (χ0) is 14.4. The molecule has 0 unspecified atom stereocenters.